The van der Waals surface area contributed by atoms with E-state index in [0.717, 1.165) is 10.0 Å². The molecule has 0 radical (unpaired) electrons. The number of fused-ring (bicyclic) bond motifs is 3. The Balaban J connectivity index is 1.87. The van der Waals surface area contributed by atoms with E-state index in [0.29, 0.717) is 36.8 Å². The minimum Gasteiger partial charge on any atom is -0.483 e. The Morgan fingerprint density at radius 1 is 1.35 bits per heavy atom. The van der Waals surface area contributed by atoms with Crippen LogP contribution in [-0.2, 0) is 15.1 Å². The maximum absolute atomic E-state index is 13.5. The molecule has 2 spiro atoms. The lowest BCUT2D eigenvalue weighted by Gasteiger charge is -2.44. The van der Waals surface area contributed by atoms with Gasteiger partial charge in [0.2, 0.25) is 11.4 Å². The Labute approximate surface area is 165 Å². The minimum absolute atomic E-state index is 0.0512. The van der Waals surface area contributed by atoms with Gasteiger partial charge < -0.3 is 9.64 Å². The monoisotopic (exact) mass is 437 g/mol. The zero-order valence-electron chi connectivity index (χ0n) is 14.9. The number of likely N-dealkylation sites (tertiary alicyclic amines) is 1. The fourth-order valence-electron chi connectivity index (χ4n) is 4.30. The third-order valence-corrected chi connectivity index (χ3v) is 6.88. The molecule has 0 N–H and O–H groups in total. The number of hydrogen-bond donors (Lipinski definition) is 0. The molecule has 1 saturated heterocycles. The summed E-state index contributed by atoms with van der Waals surface area (Å²) >= 11 is 4.98. The summed E-state index contributed by atoms with van der Waals surface area (Å²) < 4.78 is 7.33. The number of rotatable bonds is 0. The average molecular weight is 438 g/mol. The maximum Gasteiger partial charge on any atom is 0.265 e. The number of amidine groups is 1. The summed E-state index contributed by atoms with van der Waals surface area (Å²) in [5.41, 5.74) is -1.03. The van der Waals surface area contributed by atoms with Gasteiger partial charge in [0.15, 0.2) is 10.8 Å². The predicted octanol–water partition coefficient (Wildman–Crippen LogP) is 2.61. The van der Waals surface area contributed by atoms with Crippen molar-refractivity contribution in [2.24, 2.45) is 4.99 Å². The van der Waals surface area contributed by atoms with Gasteiger partial charge in [-0.2, -0.15) is 0 Å². The van der Waals surface area contributed by atoms with Gasteiger partial charge in [-0.15, -0.1) is 0 Å². The van der Waals surface area contributed by atoms with Crippen molar-refractivity contribution in [3.8, 4) is 5.75 Å². The first-order valence-electron chi connectivity index (χ1n) is 8.51. The second kappa shape index (κ2) is 5.99. The number of amides is 2. The van der Waals surface area contributed by atoms with Crippen LogP contribution in [0, 0.1) is 0 Å². The van der Waals surface area contributed by atoms with Crippen molar-refractivity contribution in [3.05, 3.63) is 28.2 Å². The van der Waals surface area contributed by atoms with Crippen LogP contribution in [-0.4, -0.2) is 58.8 Å². The van der Waals surface area contributed by atoms with E-state index in [1.807, 2.05) is 29.4 Å². The summed E-state index contributed by atoms with van der Waals surface area (Å²) in [6.07, 6.45) is 3.07. The van der Waals surface area contributed by atoms with Gasteiger partial charge in [-0.1, -0.05) is 27.7 Å². The Morgan fingerprint density at radius 3 is 2.62 bits per heavy atom. The van der Waals surface area contributed by atoms with Crippen molar-refractivity contribution in [2.75, 3.05) is 26.4 Å². The third-order valence-electron chi connectivity index (χ3n) is 5.66. The molecule has 1 aromatic carbocycles. The van der Waals surface area contributed by atoms with E-state index in [9.17, 15) is 9.59 Å². The average Bonchev–Trinajstić information content (AvgIpc) is 3.03. The molecule has 0 bridgehead atoms. The van der Waals surface area contributed by atoms with Gasteiger partial charge in [0.05, 0.1) is 0 Å². The summed E-state index contributed by atoms with van der Waals surface area (Å²) in [6, 6.07) is 5.76. The van der Waals surface area contributed by atoms with E-state index in [1.54, 1.807) is 18.9 Å². The number of ether oxygens (including phenoxy) is 1. The molecule has 8 heteroatoms. The molecular formula is C18H20BrN3O3S. The molecule has 3 heterocycles. The highest BCUT2D eigenvalue weighted by molar-refractivity contribution is 9.10. The number of carbonyl (C=O) groups excluding carboxylic acids is 2. The number of thioether (sulfide) groups is 1. The first-order valence-corrected chi connectivity index (χ1v) is 10.5. The van der Waals surface area contributed by atoms with Crippen LogP contribution in [0.3, 0.4) is 0 Å². The summed E-state index contributed by atoms with van der Waals surface area (Å²) in [5, 5.41) is 0.694. The van der Waals surface area contributed by atoms with Crippen molar-refractivity contribution < 1.29 is 14.3 Å². The fourth-order valence-corrected chi connectivity index (χ4v) is 5.25. The molecule has 0 aliphatic carbocycles. The Hall–Kier alpha value is -1.54. The Kier molecular flexibility index (Phi) is 4.11. The SMILES string of the molecule is CSC1=NC2(C(=O)N1C)c1cc(Br)ccc1OC21CCN(C(C)=O)CC1. The first-order chi connectivity index (χ1) is 12.3. The second-order valence-corrected chi connectivity index (χ2v) is 8.61. The highest BCUT2D eigenvalue weighted by Crippen LogP contribution is 2.58. The van der Waals surface area contributed by atoms with Crippen LogP contribution in [0.15, 0.2) is 27.7 Å². The zero-order chi connectivity index (χ0) is 18.7. The minimum atomic E-state index is -1.08. The number of hydrogen-bond acceptors (Lipinski definition) is 5. The molecule has 1 atom stereocenters. The summed E-state index contributed by atoms with van der Waals surface area (Å²) in [4.78, 5) is 33.6. The van der Waals surface area contributed by atoms with E-state index in [-0.39, 0.29) is 11.8 Å². The van der Waals surface area contributed by atoms with E-state index >= 15 is 0 Å². The van der Waals surface area contributed by atoms with Crippen LogP contribution in [0.5, 0.6) is 5.75 Å². The van der Waals surface area contributed by atoms with Crippen molar-refractivity contribution in [2.45, 2.75) is 30.9 Å². The number of likely N-dealkylation sites (N-methyl/N-ethyl adjacent to an activating group) is 1. The maximum atomic E-state index is 13.5. The molecule has 2 amide bonds. The second-order valence-electron chi connectivity index (χ2n) is 6.92. The number of piperidine rings is 1. The lowest BCUT2D eigenvalue weighted by Crippen LogP contribution is -2.60. The normalized spacial score (nSPS) is 26.3. The molecule has 138 valence electrons. The van der Waals surface area contributed by atoms with Crippen LogP contribution >= 0.6 is 27.7 Å². The highest BCUT2D eigenvalue weighted by Gasteiger charge is 2.69. The lowest BCUT2D eigenvalue weighted by atomic mass is 9.71. The van der Waals surface area contributed by atoms with Gasteiger partial charge in [0, 0.05) is 49.9 Å². The smallest absolute Gasteiger partial charge is 0.265 e. The van der Waals surface area contributed by atoms with E-state index in [4.69, 9.17) is 9.73 Å². The zero-order valence-corrected chi connectivity index (χ0v) is 17.3. The number of carbonyl (C=O) groups is 2. The predicted molar refractivity (Wildman–Crippen MR) is 104 cm³/mol. The number of halogens is 1. The molecule has 0 saturated carbocycles. The van der Waals surface area contributed by atoms with Crippen LogP contribution in [0.4, 0.5) is 0 Å². The summed E-state index contributed by atoms with van der Waals surface area (Å²) in [6.45, 7) is 2.70. The number of aliphatic imine (C=N–C) groups is 1. The molecule has 1 fully saturated rings. The van der Waals surface area contributed by atoms with Crippen molar-refractivity contribution >= 4 is 44.7 Å². The van der Waals surface area contributed by atoms with Gasteiger partial charge in [-0.05, 0) is 24.5 Å². The topological polar surface area (TPSA) is 62.2 Å². The first kappa shape index (κ1) is 17.9. The van der Waals surface area contributed by atoms with Crippen molar-refractivity contribution in [1.29, 1.82) is 0 Å². The van der Waals surface area contributed by atoms with Gasteiger partial charge in [-0.3, -0.25) is 14.5 Å². The molecular weight excluding hydrogens is 418 g/mol. The molecule has 4 rings (SSSR count). The Bertz CT molecular complexity index is 835. The van der Waals surface area contributed by atoms with Gasteiger partial charge in [0.1, 0.15) is 5.75 Å². The van der Waals surface area contributed by atoms with Crippen molar-refractivity contribution in [3.63, 3.8) is 0 Å². The molecule has 6 nitrogen and oxygen atoms in total. The quantitative estimate of drug-likeness (QED) is 0.625. The standard InChI is InChI=1S/C18H20BrN3O3S/c1-11(23)22-8-6-17(7-9-22)18(15(24)21(2)16(20-18)26-3)13-10-12(19)4-5-14(13)25-17/h4-5,10H,6-9H2,1-3H3. The van der Waals surface area contributed by atoms with Gasteiger partial charge >= 0.3 is 0 Å². The fraction of sp³-hybridized carbons (Fsp3) is 0.500. The van der Waals surface area contributed by atoms with E-state index < -0.39 is 11.1 Å². The number of benzene rings is 1. The van der Waals surface area contributed by atoms with E-state index in [2.05, 4.69) is 15.9 Å². The molecule has 3 aliphatic rings. The third kappa shape index (κ3) is 2.21. The van der Waals surface area contributed by atoms with Gasteiger partial charge in [-0.25, -0.2) is 4.99 Å². The van der Waals surface area contributed by atoms with Crippen LogP contribution < -0.4 is 4.74 Å². The van der Waals surface area contributed by atoms with Crippen LogP contribution in [0.2, 0.25) is 0 Å². The lowest BCUT2D eigenvalue weighted by molar-refractivity contribution is -0.142. The molecule has 0 aromatic heterocycles. The summed E-state index contributed by atoms with van der Waals surface area (Å²) in [5.74, 6) is 0.697. The summed E-state index contributed by atoms with van der Waals surface area (Å²) in [7, 11) is 1.76. The van der Waals surface area contributed by atoms with Crippen molar-refractivity contribution in [1.82, 2.24) is 9.80 Å². The Morgan fingerprint density at radius 2 is 2.04 bits per heavy atom. The molecule has 1 aromatic rings. The number of nitrogens with zero attached hydrogens (tertiary/aromatic N) is 3. The van der Waals surface area contributed by atoms with E-state index in [1.165, 1.54) is 11.8 Å². The molecule has 26 heavy (non-hydrogen) atoms. The van der Waals surface area contributed by atoms with Crippen LogP contribution in [0.25, 0.3) is 0 Å². The van der Waals surface area contributed by atoms with Crippen LogP contribution in [0.1, 0.15) is 25.3 Å². The van der Waals surface area contributed by atoms with Gasteiger partial charge in [0.25, 0.3) is 5.91 Å². The molecule has 1 unspecified atom stereocenters. The molecule has 3 aliphatic heterocycles. The largest absolute Gasteiger partial charge is 0.483 e. The highest BCUT2D eigenvalue weighted by atomic mass is 79.9.